The first-order chi connectivity index (χ1) is 8.40. The largest absolute Gasteiger partial charge is 0.480 e. The number of carboxylic acid groups (broad SMARTS) is 1. The van der Waals surface area contributed by atoms with Crippen molar-refractivity contribution in [2.24, 2.45) is 5.73 Å². The van der Waals surface area contributed by atoms with Crippen LogP contribution in [0.4, 0.5) is 4.39 Å². The van der Waals surface area contributed by atoms with E-state index >= 15 is 0 Å². The Morgan fingerprint density at radius 3 is 2.61 bits per heavy atom. The van der Waals surface area contributed by atoms with Crippen molar-refractivity contribution in [2.45, 2.75) is 25.2 Å². The molecule has 5 nitrogen and oxygen atoms in total. The maximum atomic E-state index is 13.6. The van der Waals surface area contributed by atoms with Crippen molar-refractivity contribution < 1.29 is 24.3 Å². The summed E-state index contributed by atoms with van der Waals surface area (Å²) < 4.78 is 13.6. The number of halogens is 1. The number of hydrogen-bond donors (Lipinski definition) is 4. The number of hydrogen-bond acceptors (Lipinski definition) is 4. The third-order valence-electron chi connectivity index (χ3n) is 2.57. The number of aryl methyl sites for hydroxylation is 1. The van der Waals surface area contributed by atoms with E-state index in [-0.39, 0.29) is 18.3 Å². The Morgan fingerprint density at radius 2 is 2.11 bits per heavy atom. The van der Waals surface area contributed by atoms with Crippen LogP contribution in [0.2, 0.25) is 6.32 Å². The van der Waals surface area contributed by atoms with Gasteiger partial charge >= 0.3 is 13.1 Å². The zero-order valence-corrected chi connectivity index (χ0v) is 9.71. The van der Waals surface area contributed by atoms with Gasteiger partial charge in [0, 0.05) is 6.42 Å². The molecule has 7 heteroatoms. The molecule has 0 radical (unpaired) electrons. The van der Waals surface area contributed by atoms with E-state index in [9.17, 15) is 9.18 Å². The Morgan fingerprint density at radius 1 is 1.44 bits per heavy atom. The van der Waals surface area contributed by atoms with E-state index < -0.39 is 24.9 Å². The lowest BCUT2D eigenvalue weighted by atomic mass is 9.82. The minimum Gasteiger partial charge on any atom is -0.480 e. The van der Waals surface area contributed by atoms with Crippen molar-refractivity contribution in [3.8, 4) is 0 Å². The van der Waals surface area contributed by atoms with Crippen molar-refractivity contribution in [1.82, 2.24) is 0 Å². The van der Waals surface area contributed by atoms with Gasteiger partial charge in [-0.1, -0.05) is 12.1 Å². The summed E-state index contributed by atoms with van der Waals surface area (Å²) >= 11 is 0. The minimum absolute atomic E-state index is 0.0793. The summed E-state index contributed by atoms with van der Waals surface area (Å²) in [5.41, 5.74) is 6.17. The van der Waals surface area contributed by atoms with E-state index in [1.807, 2.05) is 0 Å². The fourth-order valence-electron chi connectivity index (χ4n) is 1.53. The zero-order valence-electron chi connectivity index (χ0n) is 9.71. The average molecular weight is 255 g/mol. The zero-order chi connectivity index (χ0) is 13.7. The molecule has 1 rings (SSSR count). The summed E-state index contributed by atoms with van der Waals surface area (Å²) in [4.78, 5) is 10.6. The standard InChI is InChI=1S/C11H15BFNO4/c13-9-5-7(3-4-12(17)18)1-2-8(9)6-10(14)11(15)16/h1-2,5,10,17-18H,3-4,6,14H2,(H,15,16)/t10-/m1/s1. The lowest BCUT2D eigenvalue weighted by Crippen LogP contribution is -2.32. The highest BCUT2D eigenvalue weighted by molar-refractivity contribution is 6.40. The summed E-state index contributed by atoms with van der Waals surface area (Å²) in [5.74, 6) is -1.71. The average Bonchev–Trinajstić information content (AvgIpc) is 2.29. The van der Waals surface area contributed by atoms with Crippen LogP contribution in [0.25, 0.3) is 0 Å². The highest BCUT2D eigenvalue weighted by Crippen LogP contribution is 2.14. The Balaban J connectivity index is 2.70. The molecule has 1 atom stereocenters. The number of nitrogens with two attached hydrogens (primary N) is 1. The predicted octanol–water partition coefficient (Wildman–Crippen LogP) is -0.205. The first-order valence-corrected chi connectivity index (χ1v) is 5.52. The summed E-state index contributed by atoms with van der Waals surface area (Å²) in [6.45, 7) is 0. The Bertz CT molecular complexity index is 428. The topological polar surface area (TPSA) is 104 Å². The van der Waals surface area contributed by atoms with Crippen LogP contribution in [0.15, 0.2) is 18.2 Å². The highest BCUT2D eigenvalue weighted by atomic mass is 19.1. The van der Waals surface area contributed by atoms with E-state index in [4.69, 9.17) is 20.9 Å². The van der Waals surface area contributed by atoms with E-state index in [1.54, 1.807) is 6.07 Å². The van der Waals surface area contributed by atoms with Gasteiger partial charge in [-0.05, 0) is 29.9 Å². The van der Waals surface area contributed by atoms with Crippen molar-refractivity contribution in [2.75, 3.05) is 0 Å². The number of aliphatic carboxylic acids is 1. The molecular weight excluding hydrogens is 240 g/mol. The minimum atomic E-state index is -1.42. The number of carboxylic acids is 1. The molecule has 18 heavy (non-hydrogen) atoms. The van der Waals surface area contributed by atoms with Crippen LogP contribution < -0.4 is 5.73 Å². The predicted molar refractivity (Wildman–Crippen MR) is 64.4 cm³/mol. The van der Waals surface area contributed by atoms with E-state index in [2.05, 4.69) is 0 Å². The molecule has 0 aliphatic heterocycles. The normalized spacial score (nSPS) is 12.2. The van der Waals surface area contributed by atoms with Gasteiger partial charge in [0.15, 0.2) is 0 Å². The third-order valence-corrected chi connectivity index (χ3v) is 2.57. The van der Waals surface area contributed by atoms with Gasteiger partial charge in [-0.3, -0.25) is 4.79 Å². The second-order valence-corrected chi connectivity index (χ2v) is 4.09. The molecule has 0 heterocycles. The molecule has 5 N–H and O–H groups in total. The smallest absolute Gasteiger partial charge is 0.451 e. The molecule has 0 aliphatic rings. The lowest BCUT2D eigenvalue weighted by molar-refractivity contribution is -0.138. The van der Waals surface area contributed by atoms with Crippen LogP contribution in [0.3, 0.4) is 0 Å². The number of rotatable bonds is 6. The van der Waals surface area contributed by atoms with Gasteiger partial charge in [-0.15, -0.1) is 0 Å². The summed E-state index contributed by atoms with van der Waals surface area (Å²) in [7, 11) is -1.42. The number of benzene rings is 1. The molecule has 0 aromatic heterocycles. The molecule has 0 spiro atoms. The molecule has 0 unspecified atom stereocenters. The molecule has 0 saturated carbocycles. The summed E-state index contributed by atoms with van der Waals surface area (Å²) in [6.07, 6.45) is 0.372. The molecule has 0 fully saturated rings. The van der Waals surface area contributed by atoms with E-state index in [1.165, 1.54) is 12.1 Å². The number of carbonyl (C=O) groups is 1. The monoisotopic (exact) mass is 255 g/mol. The Labute approximate surface area is 104 Å². The molecular formula is C11H15BFNO4. The quantitative estimate of drug-likeness (QED) is 0.527. The van der Waals surface area contributed by atoms with Gasteiger partial charge in [0.25, 0.3) is 0 Å². The maximum Gasteiger partial charge on any atom is 0.451 e. The highest BCUT2D eigenvalue weighted by Gasteiger charge is 2.15. The molecule has 0 aliphatic carbocycles. The second kappa shape index (κ2) is 6.48. The Kier molecular flexibility index (Phi) is 5.27. The van der Waals surface area contributed by atoms with Crippen molar-refractivity contribution >= 4 is 13.1 Å². The van der Waals surface area contributed by atoms with Crippen LogP contribution in [0.1, 0.15) is 11.1 Å². The second-order valence-electron chi connectivity index (χ2n) is 4.09. The molecule has 0 saturated heterocycles. The van der Waals surface area contributed by atoms with Crippen LogP contribution in [-0.4, -0.2) is 34.3 Å². The van der Waals surface area contributed by atoms with Gasteiger partial charge < -0.3 is 20.9 Å². The first-order valence-electron chi connectivity index (χ1n) is 5.52. The molecule has 0 amide bonds. The maximum absolute atomic E-state index is 13.6. The fraction of sp³-hybridized carbons (Fsp3) is 0.364. The van der Waals surface area contributed by atoms with Gasteiger partial charge in [0.1, 0.15) is 11.9 Å². The van der Waals surface area contributed by atoms with Gasteiger partial charge in [-0.2, -0.15) is 0 Å². The van der Waals surface area contributed by atoms with E-state index in [0.29, 0.717) is 12.0 Å². The van der Waals surface area contributed by atoms with Crippen molar-refractivity contribution in [3.63, 3.8) is 0 Å². The van der Waals surface area contributed by atoms with Gasteiger partial charge in [-0.25, -0.2) is 4.39 Å². The summed E-state index contributed by atoms with van der Waals surface area (Å²) in [6, 6.07) is 3.21. The van der Waals surface area contributed by atoms with Crippen LogP contribution in [-0.2, 0) is 17.6 Å². The fourth-order valence-corrected chi connectivity index (χ4v) is 1.53. The van der Waals surface area contributed by atoms with Crippen molar-refractivity contribution in [1.29, 1.82) is 0 Å². The van der Waals surface area contributed by atoms with E-state index in [0.717, 1.165) is 0 Å². The molecule has 1 aromatic rings. The molecule has 98 valence electrons. The molecule has 0 bridgehead atoms. The third kappa shape index (κ3) is 4.44. The van der Waals surface area contributed by atoms with Crippen LogP contribution in [0.5, 0.6) is 0 Å². The van der Waals surface area contributed by atoms with Gasteiger partial charge in [0.05, 0.1) is 0 Å². The SMILES string of the molecule is N[C@H](Cc1ccc(CCB(O)O)cc1F)C(=O)O. The summed E-state index contributed by atoms with van der Waals surface area (Å²) in [5, 5.41) is 26.0. The van der Waals surface area contributed by atoms with Crippen LogP contribution in [0, 0.1) is 5.82 Å². The first kappa shape index (κ1) is 14.6. The lowest BCUT2D eigenvalue weighted by Gasteiger charge is -2.09. The van der Waals surface area contributed by atoms with Crippen molar-refractivity contribution in [3.05, 3.63) is 35.1 Å². The van der Waals surface area contributed by atoms with Crippen LogP contribution >= 0.6 is 0 Å². The van der Waals surface area contributed by atoms with Gasteiger partial charge in [0.2, 0.25) is 0 Å². The molecule has 1 aromatic carbocycles. The Hall–Kier alpha value is -1.44.